The zero-order valence-electron chi connectivity index (χ0n) is 7.06. The van der Waals surface area contributed by atoms with E-state index < -0.39 is 0 Å². The van der Waals surface area contributed by atoms with Crippen molar-refractivity contribution < 1.29 is 0 Å². The average Bonchev–Trinajstić information content (AvgIpc) is 2.02. The fourth-order valence-electron chi connectivity index (χ4n) is 0.774. The number of hydrogen-bond donors (Lipinski definition) is 1. The first-order valence-corrected chi connectivity index (χ1v) is 6.43. The molecule has 0 rings (SSSR count). The highest BCUT2D eigenvalue weighted by atomic mass is 127. The normalized spacial score (nSPS) is 16.9. The van der Waals surface area contributed by atoms with Gasteiger partial charge in [0.1, 0.15) is 0 Å². The van der Waals surface area contributed by atoms with Gasteiger partial charge in [-0.15, -0.1) is 0 Å². The van der Waals surface area contributed by atoms with E-state index in [0.29, 0.717) is 8.10 Å². The van der Waals surface area contributed by atoms with E-state index in [2.05, 4.69) is 59.0 Å². The van der Waals surface area contributed by atoms with E-state index in [9.17, 15) is 0 Å². The maximum Gasteiger partial charge on any atom is 0.0767 e. The number of halogens is 2. The van der Waals surface area contributed by atoms with Gasteiger partial charge in [-0.3, -0.25) is 5.84 Å². The molecule has 0 heterocycles. The number of nitrogens with zero attached hydrogens (tertiary/aromatic N) is 1. The molecule has 0 radical (unpaired) electrons. The second kappa shape index (κ2) is 6.85. The summed E-state index contributed by atoms with van der Waals surface area (Å²) in [6.45, 7) is 4.35. The largest absolute Gasteiger partial charge is 0.267 e. The van der Waals surface area contributed by atoms with E-state index in [1.807, 2.05) is 5.01 Å². The van der Waals surface area contributed by atoms with Crippen molar-refractivity contribution in [2.24, 2.45) is 5.84 Å². The van der Waals surface area contributed by atoms with E-state index in [0.717, 1.165) is 6.42 Å². The Morgan fingerprint density at radius 3 is 2.18 bits per heavy atom. The molecule has 0 aromatic heterocycles. The van der Waals surface area contributed by atoms with Crippen LogP contribution in [-0.4, -0.2) is 13.1 Å². The first-order valence-electron chi connectivity index (χ1n) is 3.94. The Hall–Kier alpha value is 1.38. The lowest BCUT2D eigenvalue weighted by Crippen LogP contribution is -2.42. The second-order valence-corrected chi connectivity index (χ2v) is 5.39. The third-order valence-corrected chi connectivity index (χ3v) is 4.30. The Labute approximate surface area is 96.5 Å². The molecule has 4 heteroatoms. The fraction of sp³-hybridized carbons (Fsp3) is 1.00. The quantitative estimate of drug-likeness (QED) is 0.261. The molecule has 0 aliphatic rings. The van der Waals surface area contributed by atoms with Crippen LogP contribution in [0.15, 0.2) is 0 Å². The molecule has 0 saturated carbocycles. The van der Waals surface area contributed by atoms with Crippen molar-refractivity contribution in [3.05, 3.63) is 0 Å². The van der Waals surface area contributed by atoms with Crippen LogP contribution in [0.2, 0.25) is 0 Å². The zero-order chi connectivity index (χ0) is 8.85. The van der Waals surface area contributed by atoms with Crippen LogP contribution >= 0.6 is 45.2 Å². The van der Waals surface area contributed by atoms with Gasteiger partial charge in [-0.25, -0.2) is 5.01 Å². The molecule has 11 heavy (non-hydrogen) atoms. The lowest BCUT2D eigenvalue weighted by Gasteiger charge is -2.26. The maximum absolute atomic E-state index is 5.88. The predicted octanol–water partition coefficient (Wildman–Crippen LogP) is 2.89. The number of hydrazine groups is 1. The van der Waals surface area contributed by atoms with Crippen LogP contribution in [0.3, 0.4) is 0 Å². The van der Waals surface area contributed by atoms with Crippen LogP contribution in [0.4, 0.5) is 0 Å². The average molecular weight is 382 g/mol. The molecule has 2 atom stereocenters. The molecule has 0 aliphatic carbocycles. The van der Waals surface area contributed by atoms with Crippen molar-refractivity contribution in [2.45, 2.75) is 41.2 Å². The third-order valence-electron chi connectivity index (χ3n) is 1.51. The van der Waals surface area contributed by atoms with E-state index in [4.69, 9.17) is 5.84 Å². The van der Waals surface area contributed by atoms with Crippen LogP contribution in [0, 0.1) is 0 Å². The van der Waals surface area contributed by atoms with Gasteiger partial charge in [0.25, 0.3) is 0 Å². The minimum absolute atomic E-state index is 0.473. The van der Waals surface area contributed by atoms with Gasteiger partial charge in [-0.05, 0) is 12.8 Å². The number of rotatable bonds is 5. The van der Waals surface area contributed by atoms with Crippen molar-refractivity contribution >= 4 is 45.2 Å². The third kappa shape index (κ3) is 4.84. The monoisotopic (exact) mass is 382 g/mol. The standard InChI is InChI=1S/C7H16I2N2/c1-3-5-7(9)11(10)6(8)4-2/h6-7H,3-5,10H2,1-2H3. The highest BCUT2D eigenvalue weighted by Gasteiger charge is 2.16. The summed E-state index contributed by atoms with van der Waals surface area (Å²) in [6.07, 6.45) is 3.49. The van der Waals surface area contributed by atoms with Crippen LogP contribution in [0.1, 0.15) is 33.1 Å². The van der Waals surface area contributed by atoms with Crippen molar-refractivity contribution in [3.8, 4) is 0 Å². The maximum atomic E-state index is 5.88. The van der Waals surface area contributed by atoms with Crippen LogP contribution in [0.25, 0.3) is 0 Å². The molecule has 0 fully saturated rings. The molecule has 0 aromatic carbocycles. The van der Waals surface area contributed by atoms with E-state index in [1.165, 1.54) is 12.8 Å². The van der Waals surface area contributed by atoms with E-state index in [-0.39, 0.29) is 0 Å². The zero-order valence-corrected chi connectivity index (χ0v) is 11.4. The topological polar surface area (TPSA) is 29.3 Å². The van der Waals surface area contributed by atoms with Crippen LogP contribution < -0.4 is 5.84 Å². The Bertz CT molecular complexity index is 100. The minimum atomic E-state index is 0.473. The van der Waals surface area contributed by atoms with Crippen molar-refractivity contribution in [1.82, 2.24) is 5.01 Å². The molecule has 68 valence electrons. The molecule has 0 bridgehead atoms. The number of hydrogen-bond acceptors (Lipinski definition) is 2. The lowest BCUT2D eigenvalue weighted by atomic mass is 10.3. The summed E-state index contributed by atoms with van der Waals surface area (Å²) >= 11 is 4.78. The summed E-state index contributed by atoms with van der Waals surface area (Å²) < 4.78 is 0.959. The Morgan fingerprint density at radius 2 is 1.82 bits per heavy atom. The molecule has 2 unspecified atom stereocenters. The Morgan fingerprint density at radius 1 is 1.27 bits per heavy atom. The van der Waals surface area contributed by atoms with E-state index >= 15 is 0 Å². The number of nitrogens with two attached hydrogens (primary N) is 1. The second-order valence-electron chi connectivity index (χ2n) is 2.51. The predicted molar refractivity (Wildman–Crippen MR) is 66.8 cm³/mol. The van der Waals surface area contributed by atoms with Gasteiger partial charge < -0.3 is 0 Å². The minimum Gasteiger partial charge on any atom is -0.267 e. The molecule has 2 nitrogen and oxygen atoms in total. The van der Waals surface area contributed by atoms with Gasteiger partial charge in [-0.2, -0.15) is 0 Å². The highest BCUT2D eigenvalue weighted by molar-refractivity contribution is 14.1. The van der Waals surface area contributed by atoms with Gasteiger partial charge in [0.2, 0.25) is 0 Å². The van der Waals surface area contributed by atoms with Gasteiger partial charge in [0.15, 0.2) is 0 Å². The summed E-state index contributed by atoms with van der Waals surface area (Å²) in [5, 5.41) is 1.95. The smallest absolute Gasteiger partial charge is 0.0767 e. The van der Waals surface area contributed by atoms with Gasteiger partial charge >= 0.3 is 0 Å². The first kappa shape index (κ1) is 12.4. The van der Waals surface area contributed by atoms with Crippen molar-refractivity contribution in [1.29, 1.82) is 0 Å². The molecule has 0 amide bonds. The van der Waals surface area contributed by atoms with Crippen molar-refractivity contribution in [3.63, 3.8) is 0 Å². The highest BCUT2D eigenvalue weighted by Crippen LogP contribution is 2.18. The van der Waals surface area contributed by atoms with Crippen LogP contribution in [0.5, 0.6) is 0 Å². The summed E-state index contributed by atoms with van der Waals surface area (Å²) in [7, 11) is 0. The lowest BCUT2D eigenvalue weighted by molar-refractivity contribution is 0.253. The summed E-state index contributed by atoms with van der Waals surface area (Å²) in [6, 6.07) is 0. The summed E-state index contributed by atoms with van der Waals surface area (Å²) in [4.78, 5) is 0. The molecule has 0 aromatic rings. The SMILES string of the molecule is CCCC(I)N(N)C(I)CC. The molecular formula is C7H16I2N2. The van der Waals surface area contributed by atoms with Crippen LogP contribution in [-0.2, 0) is 0 Å². The Balaban J connectivity index is 3.70. The molecular weight excluding hydrogens is 366 g/mol. The molecule has 2 N–H and O–H groups in total. The summed E-state index contributed by atoms with van der Waals surface area (Å²) in [5.74, 6) is 5.88. The van der Waals surface area contributed by atoms with Gasteiger partial charge in [-0.1, -0.05) is 65.5 Å². The van der Waals surface area contributed by atoms with E-state index in [1.54, 1.807) is 0 Å². The fourth-order valence-corrected chi connectivity index (χ4v) is 2.79. The first-order chi connectivity index (χ1) is 5.13. The van der Waals surface area contributed by atoms with Gasteiger partial charge in [0.05, 0.1) is 8.10 Å². The van der Waals surface area contributed by atoms with Crippen molar-refractivity contribution in [2.75, 3.05) is 0 Å². The molecule has 0 spiro atoms. The molecule has 0 saturated heterocycles. The number of alkyl halides is 2. The summed E-state index contributed by atoms with van der Waals surface area (Å²) in [5.41, 5.74) is 0. The Kier molecular flexibility index (Phi) is 7.71. The van der Waals surface area contributed by atoms with Gasteiger partial charge in [0, 0.05) is 0 Å². The molecule has 0 aliphatic heterocycles.